The lowest BCUT2D eigenvalue weighted by Gasteiger charge is -2.08. The zero-order valence-electron chi connectivity index (χ0n) is 7.70. The Balaban J connectivity index is 2.45. The quantitative estimate of drug-likeness (QED) is 0.831. The number of rotatable bonds is 2. The molecular weight excluding hydrogens is 216 g/mol. The molecule has 1 saturated carbocycles. The summed E-state index contributed by atoms with van der Waals surface area (Å²) in [5.41, 5.74) is 0.00959. The van der Waals surface area contributed by atoms with E-state index in [9.17, 15) is 4.79 Å². The molecule has 1 aromatic heterocycles. The van der Waals surface area contributed by atoms with Gasteiger partial charge in [-0.2, -0.15) is 5.26 Å². The topological polar surface area (TPSA) is 74.0 Å². The maximum absolute atomic E-state index is 10.6. The van der Waals surface area contributed by atoms with Crippen molar-refractivity contribution in [2.45, 2.75) is 18.3 Å². The van der Waals surface area contributed by atoms with Gasteiger partial charge in [-0.1, -0.05) is 11.6 Å². The molecule has 0 amide bonds. The van der Waals surface area contributed by atoms with E-state index in [-0.39, 0.29) is 5.69 Å². The Morgan fingerprint density at radius 1 is 1.67 bits per heavy atom. The minimum Gasteiger partial charge on any atom is -0.477 e. The number of nitriles is 1. The number of carbonyl (C=O) groups is 1. The van der Waals surface area contributed by atoms with Gasteiger partial charge in [0.1, 0.15) is 5.69 Å². The van der Waals surface area contributed by atoms with E-state index in [0.717, 1.165) is 12.8 Å². The third-order valence-electron chi connectivity index (χ3n) is 2.55. The highest BCUT2D eigenvalue weighted by Crippen LogP contribution is 2.49. The van der Waals surface area contributed by atoms with Gasteiger partial charge in [-0.25, -0.2) is 9.78 Å². The van der Waals surface area contributed by atoms with Crippen LogP contribution in [0, 0.1) is 11.3 Å². The summed E-state index contributed by atoms with van der Waals surface area (Å²) in [7, 11) is 0. The Labute approximate surface area is 91.1 Å². The smallest absolute Gasteiger partial charge is 0.354 e. The minimum atomic E-state index is -1.12. The second kappa shape index (κ2) is 3.21. The van der Waals surface area contributed by atoms with E-state index in [4.69, 9.17) is 22.0 Å². The summed E-state index contributed by atoms with van der Waals surface area (Å²) in [4.78, 5) is 14.4. The first-order chi connectivity index (χ1) is 7.09. The number of aromatic nitrogens is 1. The molecule has 0 spiro atoms. The van der Waals surface area contributed by atoms with E-state index in [2.05, 4.69) is 11.1 Å². The molecule has 0 unspecified atom stereocenters. The van der Waals surface area contributed by atoms with Gasteiger partial charge in [-0.3, -0.25) is 0 Å². The van der Waals surface area contributed by atoms with Crippen LogP contribution in [0.15, 0.2) is 12.3 Å². The molecular formula is C10H7ClN2O2. The van der Waals surface area contributed by atoms with Gasteiger partial charge in [0, 0.05) is 16.8 Å². The Kier molecular flexibility index (Phi) is 2.13. The van der Waals surface area contributed by atoms with Crippen LogP contribution < -0.4 is 0 Å². The Bertz CT molecular complexity index is 475. The molecule has 0 bridgehead atoms. The summed E-state index contributed by atoms with van der Waals surface area (Å²) in [5.74, 6) is -1.12. The van der Waals surface area contributed by atoms with Crippen LogP contribution in [0.3, 0.4) is 0 Å². The van der Waals surface area contributed by atoms with Crippen molar-refractivity contribution in [3.63, 3.8) is 0 Å². The van der Waals surface area contributed by atoms with Gasteiger partial charge < -0.3 is 5.11 Å². The molecule has 15 heavy (non-hydrogen) atoms. The molecule has 1 aromatic rings. The molecule has 1 N–H and O–H groups in total. The molecule has 1 aliphatic carbocycles. The first-order valence-corrected chi connectivity index (χ1v) is 4.77. The van der Waals surface area contributed by atoms with Crippen LogP contribution in [0.5, 0.6) is 0 Å². The standard InChI is InChI=1S/C10H7ClN2O2/c11-7-3-8(9(14)15)13-4-6(7)10(5-12)1-2-10/h3-4H,1-2H2,(H,14,15). The third kappa shape index (κ3) is 1.55. The lowest BCUT2D eigenvalue weighted by atomic mass is 9.99. The molecule has 1 heterocycles. The molecule has 1 aliphatic rings. The number of halogens is 1. The van der Waals surface area contributed by atoms with Crippen LogP contribution in [-0.2, 0) is 5.41 Å². The highest BCUT2D eigenvalue weighted by Gasteiger charge is 2.46. The zero-order chi connectivity index (χ0) is 11.1. The van der Waals surface area contributed by atoms with Crippen LogP contribution in [0.25, 0.3) is 0 Å². The van der Waals surface area contributed by atoms with Crippen molar-refractivity contribution in [2.24, 2.45) is 0 Å². The highest BCUT2D eigenvalue weighted by atomic mass is 35.5. The first-order valence-electron chi connectivity index (χ1n) is 4.40. The molecule has 1 fully saturated rings. The summed E-state index contributed by atoms with van der Waals surface area (Å²) in [6.07, 6.45) is 2.91. The predicted octanol–water partition coefficient (Wildman–Crippen LogP) is 1.99. The van der Waals surface area contributed by atoms with Gasteiger partial charge in [-0.05, 0) is 18.9 Å². The predicted molar refractivity (Wildman–Crippen MR) is 52.7 cm³/mol. The molecule has 2 rings (SSSR count). The second-order valence-corrected chi connectivity index (χ2v) is 3.96. The minimum absolute atomic E-state index is 0.0995. The van der Waals surface area contributed by atoms with Crippen molar-refractivity contribution in [2.75, 3.05) is 0 Å². The molecule has 0 saturated heterocycles. The fraction of sp³-hybridized carbons (Fsp3) is 0.300. The van der Waals surface area contributed by atoms with E-state index in [1.165, 1.54) is 12.3 Å². The lowest BCUT2D eigenvalue weighted by Crippen LogP contribution is -2.07. The molecule has 0 radical (unpaired) electrons. The van der Waals surface area contributed by atoms with Crippen LogP contribution in [0.2, 0.25) is 5.02 Å². The number of pyridine rings is 1. The van der Waals surface area contributed by atoms with Crippen molar-refractivity contribution < 1.29 is 9.90 Å². The number of hydrogen-bond acceptors (Lipinski definition) is 3. The van der Waals surface area contributed by atoms with E-state index in [1.54, 1.807) is 0 Å². The van der Waals surface area contributed by atoms with Gasteiger partial charge in [0.15, 0.2) is 0 Å². The van der Waals surface area contributed by atoms with Gasteiger partial charge in [0.05, 0.1) is 11.5 Å². The summed E-state index contributed by atoms with van der Waals surface area (Å²) < 4.78 is 0. The normalized spacial score (nSPS) is 16.8. The van der Waals surface area contributed by atoms with Crippen LogP contribution in [0.1, 0.15) is 28.9 Å². The first kappa shape index (κ1) is 9.94. The van der Waals surface area contributed by atoms with Crippen molar-refractivity contribution >= 4 is 17.6 Å². The maximum atomic E-state index is 10.6. The van der Waals surface area contributed by atoms with Crippen molar-refractivity contribution in [3.05, 3.63) is 28.5 Å². The summed E-state index contributed by atoms with van der Waals surface area (Å²) in [6, 6.07) is 3.47. The van der Waals surface area contributed by atoms with E-state index < -0.39 is 11.4 Å². The molecule has 0 aliphatic heterocycles. The Morgan fingerprint density at radius 2 is 2.33 bits per heavy atom. The van der Waals surface area contributed by atoms with Crippen molar-refractivity contribution in [1.82, 2.24) is 4.98 Å². The fourth-order valence-electron chi connectivity index (χ4n) is 1.47. The largest absolute Gasteiger partial charge is 0.477 e. The van der Waals surface area contributed by atoms with Gasteiger partial charge >= 0.3 is 5.97 Å². The number of aromatic carboxylic acids is 1. The fourth-order valence-corrected chi connectivity index (χ4v) is 1.80. The summed E-state index contributed by atoms with van der Waals surface area (Å²) in [6.45, 7) is 0. The van der Waals surface area contributed by atoms with E-state index >= 15 is 0 Å². The highest BCUT2D eigenvalue weighted by molar-refractivity contribution is 6.31. The second-order valence-electron chi connectivity index (χ2n) is 3.55. The molecule has 5 heteroatoms. The number of hydrogen-bond donors (Lipinski definition) is 1. The third-order valence-corrected chi connectivity index (χ3v) is 2.86. The number of nitrogens with zero attached hydrogens (tertiary/aromatic N) is 2. The van der Waals surface area contributed by atoms with Crippen LogP contribution >= 0.6 is 11.6 Å². The molecule has 0 aromatic carbocycles. The Morgan fingerprint density at radius 3 is 2.73 bits per heavy atom. The maximum Gasteiger partial charge on any atom is 0.354 e. The summed E-state index contributed by atoms with van der Waals surface area (Å²) in [5, 5.41) is 18.0. The van der Waals surface area contributed by atoms with Gasteiger partial charge in [0.25, 0.3) is 0 Å². The van der Waals surface area contributed by atoms with Gasteiger partial charge in [-0.15, -0.1) is 0 Å². The molecule has 0 atom stereocenters. The van der Waals surface area contributed by atoms with Crippen LogP contribution in [-0.4, -0.2) is 16.1 Å². The van der Waals surface area contributed by atoms with E-state index in [0.29, 0.717) is 10.6 Å². The number of carboxylic acid groups (broad SMARTS) is 1. The van der Waals surface area contributed by atoms with E-state index in [1.807, 2.05) is 0 Å². The van der Waals surface area contributed by atoms with Crippen molar-refractivity contribution in [3.8, 4) is 6.07 Å². The molecule has 4 nitrogen and oxygen atoms in total. The average molecular weight is 223 g/mol. The van der Waals surface area contributed by atoms with Crippen molar-refractivity contribution in [1.29, 1.82) is 5.26 Å². The lowest BCUT2D eigenvalue weighted by molar-refractivity contribution is 0.0690. The SMILES string of the molecule is N#CC1(c2cnc(C(=O)O)cc2Cl)CC1. The Hall–Kier alpha value is -1.60. The monoisotopic (exact) mass is 222 g/mol. The summed E-state index contributed by atoms with van der Waals surface area (Å²) >= 11 is 5.92. The zero-order valence-corrected chi connectivity index (χ0v) is 8.45. The van der Waals surface area contributed by atoms with Gasteiger partial charge in [0.2, 0.25) is 0 Å². The molecule has 76 valence electrons. The van der Waals surface area contributed by atoms with Crippen LogP contribution in [0.4, 0.5) is 0 Å². The number of carboxylic acids is 1. The average Bonchev–Trinajstić information content (AvgIpc) is 2.98.